The summed E-state index contributed by atoms with van der Waals surface area (Å²) in [6.45, 7) is 5.69. The van der Waals surface area contributed by atoms with E-state index in [2.05, 4.69) is 20.4 Å². The number of esters is 2. The van der Waals surface area contributed by atoms with E-state index in [1.807, 2.05) is 26.0 Å². The first-order chi connectivity index (χ1) is 30.3. The van der Waals surface area contributed by atoms with Crippen molar-refractivity contribution in [1.29, 1.82) is 0 Å². The minimum absolute atomic E-state index is 0.258. The van der Waals surface area contributed by atoms with Crippen LogP contribution in [0.4, 0.5) is 0 Å². The van der Waals surface area contributed by atoms with E-state index in [0.717, 1.165) is 126 Å². The van der Waals surface area contributed by atoms with Gasteiger partial charge < -0.3 is 18.9 Å². The van der Waals surface area contributed by atoms with Gasteiger partial charge in [-0.05, 0) is 139 Å². The molecule has 344 valence electrons. The van der Waals surface area contributed by atoms with E-state index in [1.165, 1.54) is 77.0 Å². The predicted octanol–water partition coefficient (Wildman–Crippen LogP) is 11.8. The lowest BCUT2D eigenvalue weighted by molar-refractivity contribution is -0.135. The monoisotopic (exact) mass is 859 g/mol. The number of carbonyl (C=O) groups excluding carboxylic acids is 3. The van der Waals surface area contributed by atoms with E-state index in [0.29, 0.717) is 54.5 Å². The van der Waals surface area contributed by atoms with Gasteiger partial charge in [-0.3, -0.25) is 14.4 Å². The van der Waals surface area contributed by atoms with E-state index < -0.39 is 0 Å². The second-order valence-electron chi connectivity index (χ2n) is 19.5. The largest absolute Gasteiger partial charge is 0.406 e. The van der Waals surface area contributed by atoms with E-state index in [-0.39, 0.29) is 23.7 Å². The zero-order valence-corrected chi connectivity index (χ0v) is 38.3. The Bertz CT molecular complexity index is 1470. The first-order valence-electron chi connectivity index (χ1n) is 25.2. The quantitative estimate of drug-likeness (QED) is 0.0736. The van der Waals surface area contributed by atoms with Crippen LogP contribution in [-0.2, 0) is 23.9 Å². The molecule has 11 nitrogen and oxygen atoms in total. The molecule has 0 aliphatic heterocycles. The molecule has 6 rings (SSSR count). The fourth-order valence-corrected chi connectivity index (χ4v) is 10.6. The van der Waals surface area contributed by atoms with Crippen LogP contribution in [-0.4, -0.2) is 63.5 Å². The fraction of sp³-hybridized carbons (Fsp3) is 0.784. The molecule has 2 heterocycles. The Kier molecular flexibility index (Phi) is 20.6. The summed E-state index contributed by atoms with van der Waals surface area (Å²) < 4.78 is 23.4. The number of ketones is 1. The van der Waals surface area contributed by atoms with Crippen LogP contribution in [0, 0.1) is 23.7 Å². The number of hydrogen-bond donors (Lipinski definition) is 0. The van der Waals surface area contributed by atoms with Crippen LogP contribution in [0.5, 0.6) is 11.8 Å². The summed E-state index contributed by atoms with van der Waals surface area (Å²) >= 11 is 0. The minimum atomic E-state index is -0.258. The van der Waals surface area contributed by atoms with Gasteiger partial charge in [0, 0.05) is 62.9 Å². The maximum Gasteiger partial charge on any atom is 0.312 e. The Morgan fingerprint density at radius 3 is 1.21 bits per heavy atom. The lowest BCUT2D eigenvalue weighted by atomic mass is 9.79. The van der Waals surface area contributed by atoms with Gasteiger partial charge >= 0.3 is 11.9 Å². The van der Waals surface area contributed by atoms with Gasteiger partial charge in [0.2, 0.25) is 11.8 Å². The topological polar surface area (TPSA) is 140 Å². The van der Waals surface area contributed by atoms with Gasteiger partial charge in [-0.25, -0.2) is 0 Å². The van der Waals surface area contributed by atoms with Crippen molar-refractivity contribution < 1.29 is 33.3 Å². The molecule has 0 spiro atoms. The number of unbranched alkanes of at least 4 members (excludes halogenated alkanes) is 2. The average molecular weight is 859 g/mol. The smallest absolute Gasteiger partial charge is 0.312 e. The van der Waals surface area contributed by atoms with Crippen LogP contribution >= 0.6 is 0 Å². The summed E-state index contributed by atoms with van der Waals surface area (Å²) in [5.41, 5.74) is 1.98. The zero-order valence-electron chi connectivity index (χ0n) is 38.3. The van der Waals surface area contributed by atoms with E-state index in [9.17, 15) is 14.4 Å². The molecule has 62 heavy (non-hydrogen) atoms. The highest BCUT2D eigenvalue weighted by molar-refractivity contribution is 5.78. The van der Waals surface area contributed by atoms with Crippen LogP contribution in [0.1, 0.15) is 217 Å². The molecule has 2 aromatic heterocycles. The van der Waals surface area contributed by atoms with Crippen molar-refractivity contribution in [3.8, 4) is 11.8 Å². The second-order valence-corrected chi connectivity index (χ2v) is 19.5. The first kappa shape index (κ1) is 48.2. The Labute approximate surface area is 372 Å². The molecular formula is C51H78N4O7. The number of Topliss-reactive ketones (excluding diaryl/α,β-unsaturated/α-hetero) is 1. The van der Waals surface area contributed by atoms with Crippen molar-refractivity contribution >= 4 is 17.7 Å². The van der Waals surface area contributed by atoms with Crippen LogP contribution < -0.4 is 9.47 Å². The van der Waals surface area contributed by atoms with Crippen LogP contribution in [0.25, 0.3) is 0 Å². The third-order valence-corrected chi connectivity index (χ3v) is 14.6. The molecule has 0 saturated heterocycles. The Balaban J connectivity index is 0.712. The molecule has 4 fully saturated rings. The summed E-state index contributed by atoms with van der Waals surface area (Å²) in [7, 11) is 0. The number of hydrogen-bond acceptors (Lipinski definition) is 11. The van der Waals surface area contributed by atoms with Crippen molar-refractivity contribution in [2.24, 2.45) is 23.7 Å². The van der Waals surface area contributed by atoms with Gasteiger partial charge in [0.15, 0.2) is 0 Å². The summed E-state index contributed by atoms with van der Waals surface area (Å²) in [5, 5.41) is 17.0. The molecule has 0 bridgehead atoms. The lowest BCUT2D eigenvalue weighted by Crippen LogP contribution is -2.26. The minimum Gasteiger partial charge on any atom is -0.406 e. The van der Waals surface area contributed by atoms with Crippen molar-refractivity contribution in [2.45, 2.75) is 218 Å². The van der Waals surface area contributed by atoms with Crippen LogP contribution in [0.15, 0.2) is 24.3 Å². The fourth-order valence-electron chi connectivity index (χ4n) is 10.6. The number of aromatic nitrogens is 4. The molecule has 4 aliphatic rings. The van der Waals surface area contributed by atoms with Crippen LogP contribution in [0.2, 0.25) is 0 Å². The summed E-state index contributed by atoms with van der Waals surface area (Å²) in [5.74, 6) is 4.33. The number of nitrogens with zero attached hydrogens (tertiary/aromatic N) is 4. The molecule has 0 unspecified atom stereocenters. The summed E-state index contributed by atoms with van der Waals surface area (Å²) in [4.78, 5) is 36.1. The molecule has 0 N–H and O–H groups in total. The number of ether oxygens (including phenoxy) is 4. The Morgan fingerprint density at radius 2 is 0.855 bits per heavy atom. The van der Waals surface area contributed by atoms with Gasteiger partial charge in [-0.2, -0.15) is 10.2 Å². The van der Waals surface area contributed by atoms with E-state index in [1.54, 1.807) is 12.1 Å². The molecule has 0 amide bonds. The third kappa shape index (κ3) is 16.7. The standard InChI is InChI=1S/C51H78N4O7/c1-3-9-50(57)61-48-33-31-46(52-54-48)41-23-27-44(28-24-41)59-35-39-19-15-37(16-20-39)11-5-7-13-43(56)14-8-6-12-38-17-21-40(22-18-38)36-60-45-29-25-42(26-30-45)47-32-34-49(55-53-47)62-51(58)10-4-2/h31-34,37-42,44-45H,3-30,35-36H2,1-2H3. The Morgan fingerprint density at radius 1 is 0.468 bits per heavy atom. The van der Waals surface area contributed by atoms with Crippen LogP contribution in [0.3, 0.4) is 0 Å². The SMILES string of the molecule is CCCC(=O)Oc1ccc(C2CCC(OCC3CCC(CCCCC(=O)CCCCC4CCC(COC5CCC(c6ccc(OC(=O)CCC)nn6)CC5)CC4)CC3)CC2)nn1. The van der Waals surface area contributed by atoms with Gasteiger partial charge in [0.1, 0.15) is 5.78 Å². The first-order valence-corrected chi connectivity index (χ1v) is 25.2. The molecule has 2 aromatic rings. The highest BCUT2D eigenvalue weighted by atomic mass is 16.5. The summed E-state index contributed by atoms with van der Waals surface area (Å²) in [6.07, 6.45) is 30.4. The lowest BCUT2D eigenvalue weighted by Gasteiger charge is -2.32. The molecule has 0 aromatic carbocycles. The van der Waals surface area contributed by atoms with Gasteiger partial charge in [-0.1, -0.05) is 65.2 Å². The van der Waals surface area contributed by atoms with Crippen molar-refractivity contribution in [1.82, 2.24) is 20.4 Å². The third-order valence-electron chi connectivity index (χ3n) is 14.6. The predicted molar refractivity (Wildman–Crippen MR) is 240 cm³/mol. The number of rotatable bonds is 24. The normalized spacial score (nSPS) is 26.7. The average Bonchev–Trinajstić information content (AvgIpc) is 3.30. The zero-order chi connectivity index (χ0) is 43.4. The van der Waals surface area contributed by atoms with Gasteiger partial charge in [-0.15, -0.1) is 10.2 Å². The van der Waals surface area contributed by atoms with Crippen molar-refractivity contribution in [3.63, 3.8) is 0 Å². The van der Waals surface area contributed by atoms with E-state index in [4.69, 9.17) is 18.9 Å². The molecule has 0 atom stereocenters. The molecule has 11 heteroatoms. The highest BCUT2D eigenvalue weighted by Gasteiger charge is 2.29. The highest BCUT2D eigenvalue weighted by Crippen LogP contribution is 2.38. The van der Waals surface area contributed by atoms with Crippen molar-refractivity contribution in [2.75, 3.05) is 13.2 Å². The molecule has 4 aliphatic carbocycles. The maximum absolute atomic E-state index is 12.7. The molecule has 4 saturated carbocycles. The number of carbonyl (C=O) groups is 3. The van der Waals surface area contributed by atoms with E-state index >= 15 is 0 Å². The maximum atomic E-state index is 12.7. The Hall–Kier alpha value is -3.31. The van der Waals surface area contributed by atoms with Gasteiger partial charge in [0.25, 0.3) is 0 Å². The van der Waals surface area contributed by atoms with Gasteiger partial charge in [0.05, 0.1) is 23.6 Å². The second kappa shape index (κ2) is 26.5. The summed E-state index contributed by atoms with van der Waals surface area (Å²) in [6, 6.07) is 7.46. The molecular weight excluding hydrogens is 781 g/mol. The van der Waals surface area contributed by atoms with Crippen molar-refractivity contribution in [3.05, 3.63) is 35.7 Å². The molecule has 0 radical (unpaired) electrons.